The Balaban J connectivity index is 1.61. The van der Waals surface area contributed by atoms with Gasteiger partial charge in [0.25, 0.3) is 5.91 Å². The van der Waals surface area contributed by atoms with Crippen molar-refractivity contribution >= 4 is 29.1 Å². The molecule has 0 bridgehead atoms. The molecule has 8 heteroatoms. The molecule has 1 atom stereocenters. The number of nitrogens with one attached hydrogen (secondary N) is 2. The van der Waals surface area contributed by atoms with Crippen molar-refractivity contribution in [3.05, 3.63) is 101 Å². The Hall–Kier alpha value is -3.97. The number of allylic oxidation sites excluding steroid dienone is 1. The van der Waals surface area contributed by atoms with Gasteiger partial charge >= 0.3 is 0 Å². The average molecular weight is 443 g/mol. The number of nitrogens with zero attached hydrogens (tertiary/aromatic N) is 4. The third-order valence-electron chi connectivity index (χ3n) is 5.24. The van der Waals surface area contributed by atoms with E-state index in [1.54, 1.807) is 23.1 Å². The molecule has 0 radical (unpaired) electrons. The molecular weight excluding hydrogens is 424 g/mol. The van der Waals surface area contributed by atoms with Crippen LogP contribution < -0.4 is 10.6 Å². The molecular formula is C24H19ClN6O. The van der Waals surface area contributed by atoms with E-state index in [1.807, 2.05) is 67.6 Å². The predicted molar refractivity (Wildman–Crippen MR) is 124 cm³/mol. The average Bonchev–Trinajstić information content (AvgIpc) is 3.23. The second-order valence-electron chi connectivity index (χ2n) is 7.36. The van der Waals surface area contributed by atoms with Gasteiger partial charge < -0.3 is 10.6 Å². The number of benzene rings is 2. The van der Waals surface area contributed by atoms with Gasteiger partial charge in [0.15, 0.2) is 5.82 Å². The number of carbonyl (C=O) groups is 1. The Kier molecular flexibility index (Phi) is 5.17. The van der Waals surface area contributed by atoms with Crippen LogP contribution in [-0.2, 0) is 4.79 Å². The van der Waals surface area contributed by atoms with Gasteiger partial charge in [-0.05, 0) is 42.8 Å². The van der Waals surface area contributed by atoms with Crippen LogP contribution in [0.2, 0.25) is 5.02 Å². The van der Waals surface area contributed by atoms with E-state index >= 15 is 0 Å². The van der Waals surface area contributed by atoms with Crippen LogP contribution in [0.3, 0.4) is 0 Å². The number of fused-ring (bicyclic) bond motifs is 1. The highest BCUT2D eigenvalue weighted by atomic mass is 35.5. The number of carbonyl (C=O) groups excluding carboxylic acids is 1. The van der Waals surface area contributed by atoms with Gasteiger partial charge in [0.2, 0.25) is 5.95 Å². The van der Waals surface area contributed by atoms with Crippen molar-refractivity contribution < 1.29 is 4.79 Å². The molecule has 5 rings (SSSR count). The number of rotatable bonds is 4. The Morgan fingerprint density at radius 1 is 1.06 bits per heavy atom. The highest BCUT2D eigenvalue weighted by molar-refractivity contribution is 6.33. The molecule has 158 valence electrons. The SMILES string of the molecule is CC1=C(C(=O)Nc2ccccc2)C(c2cccnc2)n2nc(-c3ccccc3Cl)nc2N1. The van der Waals surface area contributed by atoms with Crippen molar-refractivity contribution in [2.24, 2.45) is 0 Å². The van der Waals surface area contributed by atoms with Gasteiger partial charge in [-0.1, -0.05) is 48.0 Å². The van der Waals surface area contributed by atoms with E-state index < -0.39 is 6.04 Å². The van der Waals surface area contributed by atoms with Gasteiger partial charge in [-0.25, -0.2) is 4.68 Å². The molecule has 1 amide bonds. The van der Waals surface area contributed by atoms with Crippen molar-refractivity contribution in [2.75, 3.05) is 10.6 Å². The third kappa shape index (κ3) is 3.63. The second kappa shape index (κ2) is 8.28. The molecule has 4 aromatic rings. The van der Waals surface area contributed by atoms with Crippen LogP contribution in [-0.4, -0.2) is 25.7 Å². The zero-order valence-corrected chi connectivity index (χ0v) is 17.9. The molecule has 32 heavy (non-hydrogen) atoms. The molecule has 1 aliphatic heterocycles. The molecule has 2 aromatic heterocycles. The van der Waals surface area contributed by atoms with E-state index in [9.17, 15) is 4.79 Å². The predicted octanol–water partition coefficient (Wildman–Crippen LogP) is 4.92. The van der Waals surface area contributed by atoms with Crippen LogP contribution in [0.1, 0.15) is 18.5 Å². The minimum atomic E-state index is -0.507. The van der Waals surface area contributed by atoms with Crippen LogP contribution >= 0.6 is 11.6 Å². The fraction of sp³-hybridized carbons (Fsp3) is 0.0833. The van der Waals surface area contributed by atoms with Crippen LogP contribution in [0.15, 0.2) is 90.4 Å². The first-order valence-corrected chi connectivity index (χ1v) is 10.4. The van der Waals surface area contributed by atoms with E-state index in [4.69, 9.17) is 16.7 Å². The van der Waals surface area contributed by atoms with Crippen LogP contribution in [0.4, 0.5) is 11.6 Å². The first kappa shape index (κ1) is 20.0. The van der Waals surface area contributed by atoms with Gasteiger partial charge in [0.1, 0.15) is 6.04 Å². The minimum Gasteiger partial charge on any atom is -0.328 e. The maximum absolute atomic E-state index is 13.4. The lowest BCUT2D eigenvalue weighted by Crippen LogP contribution is -2.31. The molecule has 0 fully saturated rings. The van der Waals surface area contributed by atoms with Crippen molar-refractivity contribution in [1.29, 1.82) is 0 Å². The Labute approximate surface area is 189 Å². The number of amides is 1. The molecule has 7 nitrogen and oxygen atoms in total. The minimum absolute atomic E-state index is 0.226. The number of hydrogen-bond donors (Lipinski definition) is 2. The molecule has 0 saturated heterocycles. The summed E-state index contributed by atoms with van der Waals surface area (Å²) in [6.07, 6.45) is 3.43. The lowest BCUT2D eigenvalue weighted by Gasteiger charge is -2.28. The number of halogens is 1. The van der Waals surface area contributed by atoms with Crippen molar-refractivity contribution in [2.45, 2.75) is 13.0 Å². The summed E-state index contributed by atoms with van der Waals surface area (Å²) in [7, 11) is 0. The number of pyridine rings is 1. The zero-order chi connectivity index (χ0) is 22.1. The maximum Gasteiger partial charge on any atom is 0.255 e. The highest BCUT2D eigenvalue weighted by Gasteiger charge is 2.34. The van der Waals surface area contributed by atoms with Crippen LogP contribution in [0, 0.1) is 0 Å². The second-order valence-corrected chi connectivity index (χ2v) is 7.76. The standard InChI is InChI=1S/C24H19ClN6O/c1-15-20(23(32)28-17-9-3-2-4-10-17)21(16-8-7-13-26-14-16)31-24(27-15)29-22(30-31)18-11-5-6-12-19(18)25/h2-14,21H,1H3,(H,28,32)(H,27,29,30). The first-order chi connectivity index (χ1) is 15.6. The van der Waals surface area contributed by atoms with Gasteiger partial charge in [-0.15, -0.1) is 5.10 Å². The summed E-state index contributed by atoms with van der Waals surface area (Å²) < 4.78 is 1.71. The fourth-order valence-corrected chi connectivity index (χ4v) is 3.99. The summed E-state index contributed by atoms with van der Waals surface area (Å²) in [6.45, 7) is 1.86. The molecule has 2 aromatic carbocycles. The molecule has 0 spiro atoms. The van der Waals surface area contributed by atoms with Gasteiger partial charge in [0, 0.05) is 29.3 Å². The van der Waals surface area contributed by atoms with E-state index in [0.29, 0.717) is 33.8 Å². The molecule has 1 aliphatic rings. The van der Waals surface area contributed by atoms with E-state index in [2.05, 4.69) is 20.6 Å². The summed E-state index contributed by atoms with van der Waals surface area (Å²) in [6, 6.07) is 20.0. The zero-order valence-electron chi connectivity index (χ0n) is 17.2. The Bertz CT molecular complexity index is 1320. The number of aromatic nitrogens is 4. The molecule has 0 aliphatic carbocycles. The van der Waals surface area contributed by atoms with Crippen molar-refractivity contribution in [1.82, 2.24) is 19.7 Å². The number of hydrogen-bond acceptors (Lipinski definition) is 5. The van der Waals surface area contributed by atoms with E-state index in [1.165, 1.54) is 0 Å². The largest absolute Gasteiger partial charge is 0.328 e. The first-order valence-electron chi connectivity index (χ1n) is 10.1. The van der Waals surface area contributed by atoms with Gasteiger partial charge in [-0.2, -0.15) is 4.98 Å². The normalized spacial score (nSPS) is 15.1. The van der Waals surface area contributed by atoms with Crippen LogP contribution in [0.5, 0.6) is 0 Å². The maximum atomic E-state index is 13.4. The smallest absolute Gasteiger partial charge is 0.255 e. The lowest BCUT2D eigenvalue weighted by atomic mass is 9.96. The Morgan fingerprint density at radius 3 is 2.59 bits per heavy atom. The highest BCUT2D eigenvalue weighted by Crippen LogP contribution is 2.37. The van der Waals surface area contributed by atoms with Crippen molar-refractivity contribution in [3.63, 3.8) is 0 Å². The van der Waals surface area contributed by atoms with Gasteiger partial charge in [-0.3, -0.25) is 9.78 Å². The molecule has 2 N–H and O–H groups in total. The molecule has 0 saturated carbocycles. The molecule has 1 unspecified atom stereocenters. The topological polar surface area (TPSA) is 84.7 Å². The van der Waals surface area contributed by atoms with Crippen LogP contribution in [0.25, 0.3) is 11.4 Å². The summed E-state index contributed by atoms with van der Waals surface area (Å²) in [4.78, 5) is 22.3. The lowest BCUT2D eigenvalue weighted by molar-refractivity contribution is -0.113. The summed E-state index contributed by atoms with van der Waals surface area (Å²) in [5.74, 6) is 0.780. The van der Waals surface area contributed by atoms with Gasteiger partial charge in [0.05, 0.1) is 10.6 Å². The molecule has 3 heterocycles. The Morgan fingerprint density at radius 2 is 1.84 bits per heavy atom. The van der Waals surface area contributed by atoms with Crippen molar-refractivity contribution in [3.8, 4) is 11.4 Å². The van der Waals surface area contributed by atoms with E-state index in [0.717, 1.165) is 11.1 Å². The van der Waals surface area contributed by atoms with E-state index in [-0.39, 0.29) is 5.91 Å². The number of para-hydroxylation sites is 1. The summed E-state index contributed by atoms with van der Waals surface area (Å²) >= 11 is 6.38. The fourth-order valence-electron chi connectivity index (χ4n) is 3.77. The third-order valence-corrected chi connectivity index (χ3v) is 5.57. The quantitative estimate of drug-likeness (QED) is 0.468. The summed E-state index contributed by atoms with van der Waals surface area (Å²) in [5.41, 5.74) is 3.48. The number of anilines is 2. The summed E-state index contributed by atoms with van der Waals surface area (Å²) in [5, 5.41) is 11.5. The monoisotopic (exact) mass is 442 g/mol.